The lowest BCUT2D eigenvalue weighted by atomic mass is 9.91. The fourth-order valence-corrected chi connectivity index (χ4v) is 3.64. The van der Waals surface area contributed by atoms with Crippen LogP contribution in [0.3, 0.4) is 0 Å². The number of hydrogen-bond donors (Lipinski definition) is 0. The Hall–Kier alpha value is -1.06. The quantitative estimate of drug-likeness (QED) is 0.854. The molecule has 0 radical (unpaired) electrons. The maximum atomic E-state index is 12.4. The summed E-state index contributed by atoms with van der Waals surface area (Å²) < 4.78 is 0. The lowest BCUT2D eigenvalue weighted by molar-refractivity contribution is -0.129. The predicted molar refractivity (Wildman–Crippen MR) is 85.4 cm³/mol. The molecular weight excluding hydrogens is 284 g/mol. The molecule has 2 atom stereocenters. The highest BCUT2D eigenvalue weighted by atomic mass is 35.5. The van der Waals surface area contributed by atoms with Gasteiger partial charge in [-0.3, -0.25) is 9.69 Å². The molecule has 4 heteroatoms. The van der Waals surface area contributed by atoms with Crippen LogP contribution in [0.15, 0.2) is 24.3 Å². The fraction of sp³-hybridized carbons (Fsp3) is 0.588. The monoisotopic (exact) mass is 306 g/mol. The standard InChI is InChI=1S/C17H23ClN2O/c1-12(2)8-19-9-14-10-20(11-16(14)19)17(21)7-13-3-5-15(18)6-4-13/h3-6,12,14,16H,7-11H2,1-2H3/t14-,16+/m1/s1. The van der Waals surface area contributed by atoms with E-state index in [2.05, 4.69) is 18.7 Å². The highest BCUT2D eigenvalue weighted by molar-refractivity contribution is 6.30. The molecule has 1 aromatic carbocycles. The normalized spacial score (nSPS) is 25.0. The molecule has 2 heterocycles. The Morgan fingerprint density at radius 2 is 1.95 bits per heavy atom. The molecule has 0 saturated carbocycles. The van der Waals surface area contributed by atoms with Crippen molar-refractivity contribution in [1.82, 2.24) is 9.80 Å². The number of amides is 1. The zero-order valence-electron chi connectivity index (χ0n) is 12.8. The topological polar surface area (TPSA) is 23.6 Å². The van der Waals surface area contributed by atoms with Gasteiger partial charge in [-0.15, -0.1) is 0 Å². The van der Waals surface area contributed by atoms with E-state index in [1.807, 2.05) is 29.2 Å². The molecule has 2 fully saturated rings. The van der Waals surface area contributed by atoms with Crippen LogP contribution in [0.25, 0.3) is 0 Å². The third kappa shape index (κ3) is 3.24. The Kier molecular flexibility index (Phi) is 4.23. The highest BCUT2D eigenvalue weighted by Gasteiger charge is 2.46. The summed E-state index contributed by atoms with van der Waals surface area (Å²) in [4.78, 5) is 17.0. The number of benzene rings is 1. The Bertz CT molecular complexity index is 514. The van der Waals surface area contributed by atoms with E-state index in [1.54, 1.807) is 0 Å². The van der Waals surface area contributed by atoms with Crippen LogP contribution in [0.5, 0.6) is 0 Å². The van der Waals surface area contributed by atoms with Gasteiger partial charge in [-0.05, 0) is 23.6 Å². The fourth-order valence-electron chi connectivity index (χ4n) is 3.52. The average Bonchev–Trinajstić information content (AvgIpc) is 2.76. The minimum Gasteiger partial charge on any atom is -0.340 e. The van der Waals surface area contributed by atoms with Crippen molar-refractivity contribution >= 4 is 17.5 Å². The number of carbonyl (C=O) groups excluding carboxylic acids is 1. The summed E-state index contributed by atoms with van der Waals surface area (Å²) in [6, 6.07) is 8.18. The van der Waals surface area contributed by atoms with Crippen LogP contribution in [0, 0.1) is 11.8 Å². The summed E-state index contributed by atoms with van der Waals surface area (Å²) in [5.41, 5.74) is 1.04. The molecule has 1 aromatic rings. The molecule has 0 spiro atoms. The van der Waals surface area contributed by atoms with E-state index >= 15 is 0 Å². The molecule has 3 rings (SSSR count). The van der Waals surface area contributed by atoms with E-state index in [0.29, 0.717) is 24.3 Å². The minimum atomic E-state index is 0.246. The van der Waals surface area contributed by atoms with Gasteiger partial charge in [0.1, 0.15) is 0 Å². The minimum absolute atomic E-state index is 0.246. The molecule has 0 aliphatic carbocycles. The van der Waals surface area contributed by atoms with Gasteiger partial charge in [0.15, 0.2) is 0 Å². The summed E-state index contributed by atoms with van der Waals surface area (Å²) in [7, 11) is 0. The molecule has 0 unspecified atom stereocenters. The molecule has 21 heavy (non-hydrogen) atoms. The molecule has 2 aliphatic heterocycles. The first-order chi connectivity index (χ1) is 10.0. The van der Waals surface area contributed by atoms with E-state index in [4.69, 9.17) is 11.6 Å². The van der Waals surface area contributed by atoms with Crippen LogP contribution in [-0.2, 0) is 11.2 Å². The summed E-state index contributed by atoms with van der Waals surface area (Å²) in [6.07, 6.45) is 0.487. The first kappa shape index (κ1) is 14.9. The molecule has 2 saturated heterocycles. The Balaban J connectivity index is 1.54. The van der Waals surface area contributed by atoms with Gasteiger partial charge in [-0.1, -0.05) is 37.6 Å². The van der Waals surface area contributed by atoms with Crippen molar-refractivity contribution in [3.8, 4) is 0 Å². The zero-order chi connectivity index (χ0) is 15.0. The number of fused-ring (bicyclic) bond motifs is 1. The summed E-state index contributed by atoms with van der Waals surface area (Å²) in [5, 5.41) is 0.717. The summed E-state index contributed by atoms with van der Waals surface area (Å²) in [6.45, 7) is 8.67. The van der Waals surface area contributed by atoms with Crippen molar-refractivity contribution in [2.24, 2.45) is 11.8 Å². The van der Waals surface area contributed by atoms with Gasteiger partial charge < -0.3 is 4.90 Å². The van der Waals surface area contributed by atoms with Gasteiger partial charge in [0.25, 0.3) is 0 Å². The van der Waals surface area contributed by atoms with Gasteiger partial charge in [-0.25, -0.2) is 0 Å². The van der Waals surface area contributed by atoms with Gasteiger partial charge in [-0.2, -0.15) is 0 Å². The van der Waals surface area contributed by atoms with E-state index in [-0.39, 0.29) is 5.91 Å². The second kappa shape index (κ2) is 5.98. The molecule has 114 valence electrons. The number of rotatable bonds is 4. The van der Waals surface area contributed by atoms with Crippen LogP contribution in [-0.4, -0.2) is 47.9 Å². The molecule has 2 aliphatic rings. The van der Waals surface area contributed by atoms with Crippen molar-refractivity contribution < 1.29 is 4.79 Å². The van der Waals surface area contributed by atoms with Crippen molar-refractivity contribution in [3.63, 3.8) is 0 Å². The highest BCUT2D eigenvalue weighted by Crippen LogP contribution is 2.33. The summed E-state index contributed by atoms with van der Waals surface area (Å²) in [5.74, 6) is 1.64. The third-order valence-corrected chi connectivity index (χ3v) is 4.82. The van der Waals surface area contributed by atoms with Crippen molar-refractivity contribution in [1.29, 1.82) is 0 Å². The second-order valence-corrected chi connectivity index (χ2v) is 7.21. The maximum absolute atomic E-state index is 12.4. The average molecular weight is 307 g/mol. The Morgan fingerprint density at radius 1 is 1.24 bits per heavy atom. The Labute approximate surface area is 131 Å². The maximum Gasteiger partial charge on any atom is 0.227 e. The van der Waals surface area contributed by atoms with E-state index in [1.165, 1.54) is 0 Å². The second-order valence-electron chi connectivity index (χ2n) is 6.78. The largest absolute Gasteiger partial charge is 0.340 e. The smallest absolute Gasteiger partial charge is 0.227 e. The number of halogens is 1. The van der Waals surface area contributed by atoms with E-state index < -0.39 is 0 Å². The molecule has 0 N–H and O–H groups in total. The number of carbonyl (C=O) groups is 1. The van der Waals surface area contributed by atoms with Gasteiger partial charge in [0.05, 0.1) is 6.42 Å². The molecule has 3 nitrogen and oxygen atoms in total. The lowest BCUT2D eigenvalue weighted by Gasteiger charge is -2.44. The van der Waals surface area contributed by atoms with Gasteiger partial charge in [0, 0.05) is 43.2 Å². The van der Waals surface area contributed by atoms with E-state index in [0.717, 1.165) is 36.8 Å². The first-order valence-electron chi connectivity index (χ1n) is 7.79. The van der Waals surface area contributed by atoms with E-state index in [9.17, 15) is 4.79 Å². The SMILES string of the molecule is CC(C)CN1C[C@@H]2CN(C(=O)Cc3ccc(Cl)cc3)C[C@@H]21. The zero-order valence-corrected chi connectivity index (χ0v) is 13.5. The van der Waals surface area contributed by atoms with Crippen molar-refractivity contribution in [2.45, 2.75) is 26.3 Å². The van der Waals surface area contributed by atoms with Crippen LogP contribution >= 0.6 is 11.6 Å². The van der Waals surface area contributed by atoms with Crippen LogP contribution < -0.4 is 0 Å². The lowest BCUT2D eigenvalue weighted by Crippen LogP contribution is -2.56. The molecular formula is C17H23ClN2O. The number of likely N-dealkylation sites (tertiary alicyclic amines) is 2. The molecule has 0 aromatic heterocycles. The van der Waals surface area contributed by atoms with Crippen molar-refractivity contribution in [2.75, 3.05) is 26.2 Å². The van der Waals surface area contributed by atoms with Crippen LogP contribution in [0.4, 0.5) is 0 Å². The Morgan fingerprint density at radius 3 is 2.62 bits per heavy atom. The molecule has 0 bridgehead atoms. The van der Waals surface area contributed by atoms with Crippen molar-refractivity contribution in [3.05, 3.63) is 34.9 Å². The number of nitrogens with zero attached hydrogens (tertiary/aromatic N) is 2. The number of hydrogen-bond acceptors (Lipinski definition) is 2. The van der Waals surface area contributed by atoms with Crippen LogP contribution in [0.1, 0.15) is 19.4 Å². The predicted octanol–water partition coefficient (Wildman–Crippen LogP) is 2.68. The molecule has 1 amide bonds. The van der Waals surface area contributed by atoms with Crippen LogP contribution in [0.2, 0.25) is 5.02 Å². The summed E-state index contributed by atoms with van der Waals surface area (Å²) >= 11 is 5.88. The van der Waals surface area contributed by atoms with Gasteiger partial charge >= 0.3 is 0 Å². The third-order valence-electron chi connectivity index (χ3n) is 4.57. The van der Waals surface area contributed by atoms with Gasteiger partial charge in [0.2, 0.25) is 5.91 Å². The first-order valence-corrected chi connectivity index (χ1v) is 8.17.